The Hall–Kier alpha value is -0.380. The monoisotopic (exact) mass is 188 g/mol. The van der Waals surface area contributed by atoms with Gasteiger partial charge in [-0.2, -0.15) is 0 Å². The van der Waals surface area contributed by atoms with E-state index in [9.17, 15) is 5.11 Å². The van der Waals surface area contributed by atoms with Gasteiger partial charge in [-0.1, -0.05) is 12.2 Å². The zero-order valence-electron chi connectivity index (χ0n) is 9.37. The summed E-state index contributed by atoms with van der Waals surface area (Å²) in [6.45, 7) is 9.95. The van der Waals surface area contributed by atoms with Crippen LogP contribution in [0.2, 0.25) is 0 Å². The SMILES string of the molecule is C=C(C)COC(C)[N+](C)(C)C(C)O. The lowest BCUT2D eigenvalue weighted by atomic mass is 10.3. The predicted octanol–water partition coefficient (Wildman–Crippen LogP) is 1.34. The van der Waals surface area contributed by atoms with E-state index in [-0.39, 0.29) is 6.23 Å². The Kier molecular flexibility index (Phi) is 4.61. The molecular weight excluding hydrogens is 166 g/mol. The molecule has 0 saturated carbocycles. The molecule has 0 aliphatic heterocycles. The zero-order chi connectivity index (χ0) is 10.6. The molecular formula is C10H22NO2+. The Morgan fingerprint density at radius 2 is 1.92 bits per heavy atom. The largest absolute Gasteiger partial charge is 0.345 e. The summed E-state index contributed by atoms with van der Waals surface area (Å²) in [7, 11) is 3.88. The van der Waals surface area contributed by atoms with Crippen LogP contribution in [-0.4, -0.2) is 42.7 Å². The molecule has 2 atom stereocenters. The van der Waals surface area contributed by atoms with Crippen molar-refractivity contribution >= 4 is 0 Å². The first-order valence-corrected chi connectivity index (χ1v) is 4.56. The van der Waals surface area contributed by atoms with Crippen LogP contribution in [0, 0.1) is 0 Å². The number of hydrogen-bond acceptors (Lipinski definition) is 2. The first-order valence-electron chi connectivity index (χ1n) is 4.56. The molecule has 0 saturated heterocycles. The highest BCUT2D eigenvalue weighted by Crippen LogP contribution is 2.12. The molecule has 0 aromatic heterocycles. The minimum atomic E-state index is -0.430. The molecule has 0 aliphatic carbocycles. The molecule has 0 heterocycles. The number of quaternary nitrogens is 1. The number of aliphatic hydroxyl groups is 1. The second-order valence-corrected chi connectivity index (χ2v) is 4.13. The number of ether oxygens (including phenoxy) is 1. The lowest BCUT2D eigenvalue weighted by Gasteiger charge is -2.37. The Morgan fingerprint density at radius 3 is 2.23 bits per heavy atom. The van der Waals surface area contributed by atoms with Crippen molar-refractivity contribution in [1.29, 1.82) is 0 Å². The van der Waals surface area contributed by atoms with Crippen molar-refractivity contribution in [3.05, 3.63) is 12.2 Å². The van der Waals surface area contributed by atoms with Crippen LogP contribution in [0.1, 0.15) is 20.8 Å². The Labute approximate surface area is 81.2 Å². The Balaban J connectivity index is 4.09. The molecule has 0 fully saturated rings. The summed E-state index contributed by atoms with van der Waals surface area (Å²) in [5, 5.41) is 9.49. The van der Waals surface area contributed by atoms with Crippen LogP contribution in [0.15, 0.2) is 12.2 Å². The van der Waals surface area contributed by atoms with Crippen LogP contribution >= 0.6 is 0 Å². The summed E-state index contributed by atoms with van der Waals surface area (Å²) in [4.78, 5) is 0. The first-order chi connectivity index (χ1) is 5.78. The normalized spacial score (nSPS) is 16.8. The molecule has 78 valence electrons. The van der Waals surface area contributed by atoms with E-state index in [4.69, 9.17) is 4.74 Å². The molecule has 3 nitrogen and oxygen atoms in total. The minimum absolute atomic E-state index is 0.0308. The third-order valence-electron chi connectivity index (χ3n) is 2.47. The number of nitrogens with zero attached hydrogens (tertiary/aromatic N) is 1. The lowest BCUT2D eigenvalue weighted by Crippen LogP contribution is -2.54. The summed E-state index contributed by atoms with van der Waals surface area (Å²) in [5.74, 6) is 0. The second kappa shape index (κ2) is 4.74. The second-order valence-electron chi connectivity index (χ2n) is 4.13. The average Bonchev–Trinajstić information content (AvgIpc) is 1.99. The third-order valence-corrected chi connectivity index (χ3v) is 2.47. The molecule has 1 N–H and O–H groups in total. The summed E-state index contributed by atoms with van der Waals surface area (Å²) < 4.78 is 5.98. The van der Waals surface area contributed by atoms with Gasteiger partial charge in [-0.05, 0) is 6.92 Å². The van der Waals surface area contributed by atoms with Gasteiger partial charge >= 0.3 is 0 Å². The van der Waals surface area contributed by atoms with Gasteiger partial charge in [-0.25, -0.2) is 0 Å². The van der Waals surface area contributed by atoms with Crippen molar-refractivity contribution in [3.63, 3.8) is 0 Å². The number of rotatable bonds is 5. The number of hydrogen-bond donors (Lipinski definition) is 1. The van der Waals surface area contributed by atoms with E-state index in [0.717, 1.165) is 5.57 Å². The molecule has 0 amide bonds. The van der Waals surface area contributed by atoms with E-state index < -0.39 is 6.23 Å². The van der Waals surface area contributed by atoms with E-state index >= 15 is 0 Å². The molecule has 0 aromatic carbocycles. The zero-order valence-corrected chi connectivity index (χ0v) is 9.37. The molecule has 0 aliphatic rings. The highest BCUT2D eigenvalue weighted by molar-refractivity contribution is 4.87. The van der Waals surface area contributed by atoms with Gasteiger partial charge in [0.25, 0.3) is 0 Å². The van der Waals surface area contributed by atoms with Crippen molar-refractivity contribution in [2.45, 2.75) is 33.2 Å². The molecule has 3 heteroatoms. The van der Waals surface area contributed by atoms with Gasteiger partial charge in [-0.3, -0.25) is 4.48 Å². The summed E-state index contributed by atoms with van der Waals surface area (Å²) in [5.41, 5.74) is 0.998. The van der Waals surface area contributed by atoms with Crippen LogP contribution in [-0.2, 0) is 4.74 Å². The molecule has 0 radical (unpaired) electrons. The van der Waals surface area contributed by atoms with Gasteiger partial charge in [0, 0.05) is 13.8 Å². The van der Waals surface area contributed by atoms with Gasteiger partial charge in [0.05, 0.1) is 20.7 Å². The smallest absolute Gasteiger partial charge is 0.192 e. The molecule has 0 bridgehead atoms. The molecule has 0 rings (SSSR count). The van der Waals surface area contributed by atoms with Crippen LogP contribution in [0.4, 0.5) is 0 Å². The van der Waals surface area contributed by atoms with Crippen LogP contribution in [0.25, 0.3) is 0 Å². The van der Waals surface area contributed by atoms with Crippen molar-refractivity contribution in [2.75, 3.05) is 20.7 Å². The quantitative estimate of drug-likeness (QED) is 0.401. The number of aliphatic hydroxyl groups excluding tert-OH is 1. The fraction of sp³-hybridized carbons (Fsp3) is 0.800. The van der Waals surface area contributed by atoms with Gasteiger partial charge in [0.2, 0.25) is 0 Å². The summed E-state index contributed by atoms with van der Waals surface area (Å²) in [6, 6.07) is 0. The minimum Gasteiger partial charge on any atom is -0.345 e. The van der Waals surface area contributed by atoms with Crippen LogP contribution in [0.3, 0.4) is 0 Å². The van der Waals surface area contributed by atoms with Crippen molar-refractivity contribution in [3.8, 4) is 0 Å². The fourth-order valence-electron chi connectivity index (χ4n) is 0.759. The summed E-state index contributed by atoms with van der Waals surface area (Å²) >= 11 is 0. The van der Waals surface area contributed by atoms with E-state index in [2.05, 4.69) is 6.58 Å². The first kappa shape index (κ1) is 12.6. The van der Waals surface area contributed by atoms with Crippen molar-refractivity contribution in [1.82, 2.24) is 0 Å². The van der Waals surface area contributed by atoms with Crippen LogP contribution in [0.5, 0.6) is 0 Å². The van der Waals surface area contributed by atoms with Crippen molar-refractivity contribution < 1.29 is 14.3 Å². The molecule has 0 aromatic rings. The Bertz CT molecular complexity index is 176. The maximum Gasteiger partial charge on any atom is 0.192 e. The molecule has 0 spiro atoms. The Morgan fingerprint density at radius 1 is 1.46 bits per heavy atom. The molecule has 13 heavy (non-hydrogen) atoms. The van der Waals surface area contributed by atoms with Crippen molar-refractivity contribution in [2.24, 2.45) is 0 Å². The standard InChI is InChI=1S/C10H22NO2/c1-8(2)7-13-10(4)11(5,6)9(3)12/h9-10,12H,1,7H2,2-6H3/q+1. The van der Waals surface area contributed by atoms with Gasteiger partial charge < -0.3 is 9.84 Å². The maximum atomic E-state index is 9.49. The van der Waals surface area contributed by atoms with E-state index in [1.54, 1.807) is 6.92 Å². The van der Waals surface area contributed by atoms with Crippen LogP contribution < -0.4 is 0 Å². The van der Waals surface area contributed by atoms with Gasteiger partial charge in [0.1, 0.15) is 0 Å². The third kappa shape index (κ3) is 3.89. The van der Waals surface area contributed by atoms with Gasteiger partial charge in [0.15, 0.2) is 12.5 Å². The highest BCUT2D eigenvalue weighted by atomic mass is 16.5. The van der Waals surface area contributed by atoms with E-state index in [1.807, 2.05) is 27.9 Å². The summed E-state index contributed by atoms with van der Waals surface area (Å²) in [6.07, 6.45) is -0.461. The van der Waals surface area contributed by atoms with E-state index in [1.165, 1.54) is 0 Å². The lowest BCUT2D eigenvalue weighted by molar-refractivity contribution is -0.974. The predicted molar refractivity (Wildman–Crippen MR) is 54.0 cm³/mol. The highest BCUT2D eigenvalue weighted by Gasteiger charge is 2.29. The fourth-order valence-corrected chi connectivity index (χ4v) is 0.759. The average molecular weight is 188 g/mol. The van der Waals surface area contributed by atoms with E-state index in [0.29, 0.717) is 11.1 Å². The van der Waals surface area contributed by atoms with Gasteiger partial charge in [-0.15, -0.1) is 0 Å². The molecule has 2 unspecified atom stereocenters. The topological polar surface area (TPSA) is 29.5 Å². The maximum absolute atomic E-state index is 9.49.